The van der Waals surface area contributed by atoms with Crippen LogP contribution in [0.4, 0.5) is 0 Å². The Morgan fingerprint density at radius 3 is 2.59 bits per heavy atom. The summed E-state index contributed by atoms with van der Waals surface area (Å²) in [5, 5.41) is 3.15. The molecule has 2 atom stereocenters. The summed E-state index contributed by atoms with van der Waals surface area (Å²) >= 11 is 0. The molecule has 0 saturated carbocycles. The number of hydrogen-bond donors (Lipinski definition) is 1. The van der Waals surface area contributed by atoms with E-state index in [0.717, 1.165) is 24.2 Å². The minimum absolute atomic E-state index is 0.0245. The van der Waals surface area contributed by atoms with E-state index in [1.807, 2.05) is 24.3 Å². The molecule has 3 rings (SSSR count). The molecule has 2 heterocycles. The van der Waals surface area contributed by atoms with Gasteiger partial charge in [0.25, 0.3) is 0 Å². The average Bonchev–Trinajstić information content (AvgIpc) is 2.72. The Hall–Kier alpha value is -2.40. The van der Waals surface area contributed by atoms with Crippen LogP contribution in [0.25, 0.3) is 0 Å². The predicted molar refractivity (Wildman–Crippen MR) is 114 cm³/mol. The van der Waals surface area contributed by atoms with Crippen LogP contribution >= 0.6 is 0 Å². The zero-order valence-electron chi connectivity index (χ0n) is 17.7. The maximum absolute atomic E-state index is 12.3. The predicted octanol–water partition coefficient (Wildman–Crippen LogP) is 4.57. The number of benzene rings is 1. The van der Waals surface area contributed by atoms with Gasteiger partial charge in [0.05, 0.1) is 12.7 Å². The normalized spacial score (nSPS) is 19.6. The highest BCUT2D eigenvalue weighted by molar-refractivity contribution is 5.76. The fraction of sp³-hybridized carbons (Fsp3) is 0.500. The molecule has 0 radical (unpaired) electrons. The zero-order chi connectivity index (χ0) is 20.7. The number of pyridine rings is 1. The average molecular weight is 397 g/mol. The monoisotopic (exact) mass is 396 g/mol. The second-order valence-electron chi connectivity index (χ2n) is 8.66. The van der Waals surface area contributed by atoms with Crippen molar-refractivity contribution in [3.63, 3.8) is 0 Å². The van der Waals surface area contributed by atoms with Gasteiger partial charge in [-0.15, -0.1) is 0 Å². The molecule has 1 aliphatic rings. The lowest BCUT2D eigenvalue weighted by atomic mass is 9.87. The standard InChI is InChI=1S/C24H32N2O3/c1-24(2,3)19-6-8-21(9-7-19)28-15-4-5-23(27)26-20-12-16-29-22(17-20)18-10-13-25-14-11-18/h6-11,13-14,20,22H,4-5,12,15-17H2,1-3H3,(H,26,27)/t20-,22+/m1/s1. The first kappa shape index (κ1) is 21.3. The van der Waals surface area contributed by atoms with Crippen LogP contribution < -0.4 is 10.1 Å². The highest BCUT2D eigenvalue weighted by Gasteiger charge is 2.24. The van der Waals surface area contributed by atoms with E-state index in [9.17, 15) is 4.79 Å². The molecule has 1 fully saturated rings. The maximum atomic E-state index is 12.3. The number of carbonyl (C=O) groups excluding carboxylic acids is 1. The summed E-state index contributed by atoms with van der Waals surface area (Å²) < 4.78 is 11.6. The lowest BCUT2D eigenvalue weighted by molar-refractivity contribution is -0.123. The van der Waals surface area contributed by atoms with E-state index in [2.05, 4.69) is 43.2 Å². The molecule has 0 aliphatic carbocycles. The number of aromatic nitrogens is 1. The van der Waals surface area contributed by atoms with Crippen molar-refractivity contribution < 1.29 is 14.3 Å². The Morgan fingerprint density at radius 1 is 1.17 bits per heavy atom. The Kier molecular flexibility index (Phi) is 7.26. The van der Waals surface area contributed by atoms with Crippen LogP contribution in [-0.2, 0) is 14.9 Å². The minimum atomic E-state index is 0.0245. The van der Waals surface area contributed by atoms with Crippen LogP contribution in [0.1, 0.15) is 63.7 Å². The van der Waals surface area contributed by atoms with Gasteiger partial charge in [-0.3, -0.25) is 9.78 Å². The molecule has 5 heteroatoms. The fourth-order valence-corrected chi connectivity index (χ4v) is 3.51. The highest BCUT2D eigenvalue weighted by Crippen LogP contribution is 2.28. The Labute approximate surface area is 173 Å². The molecule has 1 aliphatic heterocycles. The van der Waals surface area contributed by atoms with Crippen molar-refractivity contribution in [2.24, 2.45) is 0 Å². The van der Waals surface area contributed by atoms with Crippen molar-refractivity contribution in [3.8, 4) is 5.75 Å². The maximum Gasteiger partial charge on any atom is 0.220 e. The van der Waals surface area contributed by atoms with Gasteiger partial charge < -0.3 is 14.8 Å². The molecule has 1 N–H and O–H groups in total. The third-order valence-corrected chi connectivity index (χ3v) is 5.26. The van der Waals surface area contributed by atoms with Crippen LogP contribution in [0.5, 0.6) is 5.75 Å². The molecular formula is C24H32N2O3. The number of amides is 1. The van der Waals surface area contributed by atoms with Crippen LogP contribution in [0.15, 0.2) is 48.8 Å². The van der Waals surface area contributed by atoms with Gasteiger partial charge in [0.2, 0.25) is 5.91 Å². The first-order valence-electron chi connectivity index (χ1n) is 10.5. The summed E-state index contributed by atoms with van der Waals surface area (Å²) in [6.45, 7) is 7.78. The number of carbonyl (C=O) groups is 1. The van der Waals surface area contributed by atoms with Crippen LogP contribution in [0.3, 0.4) is 0 Å². The van der Waals surface area contributed by atoms with Gasteiger partial charge in [-0.2, -0.15) is 0 Å². The molecule has 1 aromatic carbocycles. The number of hydrogen-bond acceptors (Lipinski definition) is 4. The van der Waals surface area contributed by atoms with Crippen molar-refractivity contribution in [1.82, 2.24) is 10.3 Å². The summed E-state index contributed by atoms with van der Waals surface area (Å²) in [7, 11) is 0. The summed E-state index contributed by atoms with van der Waals surface area (Å²) in [6.07, 6.45) is 6.39. The fourth-order valence-electron chi connectivity index (χ4n) is 3.51. The number of rotatable bonds is 7. The molecule has 1 amide bonds. The molecule has 2 aromatic rings. The molecule has 29 heavy (non-hydrogen) atoms. The Morgan fingerprint density at radius 2 is 1.90 bits per heavy atom. The lowest BCUT2D eigenvalue weighted by Crippen LogP contribution is -2.39. The van der Waals surface area contributed by atoms with Gasteiger partial charge in [0, 0.05) is 31.5 Å². The number of ether oxygens (including phenoxy) is 2. The molecule has 5 nitrogen and oxygen atoms in total. The zero-order valence-corrected chi connectivity index (χ0v) is 17.7. The molecular weight excluding hydrogens is 364 g/mol. The Balaban J connectivity index is 1.36. The number of nitrogens with zero attached hydrogens (tertiary/aromatic N) is 1. The first-order chi connectivity index (χ1) is 13.9. The van der Waals surface area contributed by atoms with Gasteiger partial charge in [-0.05, 0) is 60.1 Å². The van der Waals surface area contributed by atoms with Crippen molar-refractivity contribution in [3.05, 3.63) is 59.9 Å². The molecule has 0 spiro atoms. The first-order valence-corrected chi connectivity index (χ1v) is 10.5. The van der Waals surface area contributed by atoms with E-state index in [-0.39, 0.29) is 23.5 Å². The molecule has 0 unspecified atom stereocenters. The van der Waals surface area contributed by atoms with Crippen LogP contribution in [0.2, 0.25) is 0 Å². The van der Waals surface area contributed by atoms with Gasteiger partial charge in [0.15, 0.2) is 0 Å². The molecule has 0 bridgehead atoms. The quantitative estimate of drug-likeness (QED) is 0.696. The molecule has 156 valence electrons. The van der Waals surface area contributed by atoms with Crippen molar-refractivity contribution >= 4 is 5.91 Å². The topological polar surface area (TPSA) is 60.5 Å². The summed E-state index contributed by atoms with van der Waals surface area (Å²) in [5.41, 5.74) is 2.53. The second-order valence-corrected chi connectivity index (χ2v) is 8.66. The summed E-state index contributed by atoms with van der Waals surface area (Å²) in [4.78, 5) is 16.4. The van der Waals surface area contributed by atoms with Gasteiger partial charge in [0.1, 0.15) is 5.75 Å². The largest absolute Gasteiger partial charge is 0.494 e. The van der Waals surface area contributed by atoms with Crippen LogP contribution in [-0.4, -0.2) is 30.1 Å². The van der Waals surface area contributed by atoms with Crippen molar-refractivity contribution in [2.75, 3.05) is 13.2 Å². The molecule has 1 aromatic heterocycles. The van der Waals surface area contributed by atoms with E-state index in [1.165, 1.54) is 5.56 Å². The van der Waals surface area contributed by atoms with E-state index in [4.69, 9.17) is 9.47 Å². The summed E-state index contributed by atoms with van der Waals surface area (Å²) in [6, 6.07) is 12.3. The summed E-state index contributed by atoms with van der Waals surface area (Å²) in [5.74, 6) is 0.931. The van der Waals surface area contributed by atoms with Gasteiger partial charge >= 0.3 is 0 Å². The van der Waals surface area contributed by atoms with Gasteiger partial charge in [-0.1, -0.05) is 32.9 Å². The van der Waals surface area contributed by atoms with E-state index >= 15 is 0 Å². The van der Waals surface area contributed by atoms with Crippen molar-refractivity contribution in [2.45, 2.75) is 64.0 Å². The SMILES string of the molecule is CC(C)(C)c1ccc(OCCCC(=O)N[C@@H]2CCO[C@H](c3ccncc3)C2)cc1. The smallest absolute Gasteiger partial charge is 0.220 e. The van der Waals surface area contributed by atoms with E-state index in [0.29, 0.717) is 26.1 Å². The molecule has 1 saturated heterocycles. The van der Waals surface area contributed by atoms with Crippen LogP contribution in [0, 0.1) is 0 Å². The third-order valence-electron chi connectivity index (χ3n) is 5.26. The Bertz CT molecular complexity index is 769. The third kappa shape index (κ3) is 6.57. The van der Waals surface area contributed by atoms with E-state index < -0.39 is 0 Å². The van der Waals surface area contributed by atoms with Crippen molar-refractivity contribution in [1.29, 1.82) is 0 Å². The highest BCUT2D eigenvalue weighted by atomic mass is 16.5. The van der Waals surface area contributed by atoms with Gasteiger partial charge in [-0.25, -0.2) is 0 Å². The minimum Gasteiger partial charge on any atom is -0.494 e. The second kappa shape index (κ2) is 9.88. The van der Waals surface area contributed by atoms with E-state index in [1.54, 1.807) is 12.4 Å². The lowest BCUT2D eigenvalue weighted by Gasteiger charge is -2.30. The number of nitrogens with one attached hydrogen (secondary N) is 1.